The van der Waals surface area contributed by atoms with E-state index < -0.39 is 5.03 Å². The van der Waals surface area contributed by atoms with Crippen molar-refractivity contribution in [3.63, 3.8) is 0 Å². The van der Waals surface area contributed by atoms with E-state index in [1.54, 1.807) is 0 Å². The minimum atomic E-state index is -0.914. The smallest absolute Gasteiger partial charge is 0.271 e. The number of hydrazone groups is 1. The SMILES string of the molecule is NC(=N[N+](=O)[O-])Nc1c[nH]nn1. The number of H-pyrrole nitrogens is 1. The lowest BCUT2D eigenvalue weighted by Crippen LogP contribution is -2.23. The van der Waals surface area contributed by atoms with Crippen molar-refractivity contribution >= 4 is 11.8 Å². The van der Waals surface area contributed by atoms with Gasteiger partial charge in [-0.3, -0.25) is 5.10 Å². The summed E-state index contributed by atoms with van der Waals surface area (Å²) in [7, 11) is 0. The van der Waals surface area contributed by atoms with E-state index in [1.165, 1.54) is 6.20 Å². The van der Waals surface area contributed by atoms with Crippen molar-refractivity contribution in [3.8, 4) is 0 Å². The molecule has 9 nitrogen and oxygen atoms in total. The summed E-state index contributed by atoms with van der Waals surface area (Å²) in [4.78, 5) is 9.79. The number of hydrogen-bond acceptors (Lipinski definition) is 4. The van der Waals surface area contributed by atoms with Crippen molar-refractivity contribution in [2.75, 3.05) is 5.32 Å². The second kappa shape index (κ2) is 3.27. The number of nitrogens with zero attached hydrogens (tertiary/aromatic N) is 4. The molecule has 12 heavy (non-hydrogen) atoms. The van der Waals surface area contributed by atoms with Crippen LogP contribution in [0.15, 0.2) is 11.3 Å². The molecule has 0 unspecified atom stereocenters. The number of aromatic amines is 1. The highest BCUT2D eigenvalue weighted by atomic mass is 16.7. The third-order valence-corrected chi connectivity index (χ3v) is 0.862. The van der Waals surface area contributed by atoms with Crippen LogP contribution in [0.3, 0.4) is 0 Å². The molecule has 0 fully saturated rings. The molecule has 0 bridgehead atoms. The van der Waals surface area contributed by atoms with E-state index in [2.05, 4.69) is 25.8 Å². The Kier molecular flexibility index (Phi) is 2.16. The number of guanidine groups is 1. The standard InChI is InChI=1S/C3H5N7O2/c4-3(8-10(11)12)6-2-1-5-9-7-2/h1H,(H4,4,5,6,7,8,9). The zero-order valence-electron chi connectivity index (χ0n) is 5.76. The molecule has 9 heteroatoms. The van der Waals surface area contributed by atoms with Crippen molar-refractivity contribution in [2.45, 2.75) is 0 Å². The topological polar surface area (TPSA) is 135 Å². The average Bonchev–Trinajstić information content (AvgIpc) is 2.37. The van der Waals surface area contributed by atoms with E-state index in [0.29, 0.717) is 0 Å². The molecule has 0 saturated carbocycles. The number of aromatic nitrogens is 3. The molecule has 1 rings (SSSR count). The molecule has 0 spiro atoms. The lowest BCUT2D eigenvalue weighted by Gasteiger charge is -1.93. The van der Waals surface area contributed by atoms with Crippen LogP contribution in [0, 0.1) is 10.1 Å². The maximum Gasteiger partial charge on any atom is 0.271 e. The van der Waals surface area contributed by atoms with Gasteiger partial charge in [0.15, 0.2) is 10.9 Å². The fraction of sp³-hybridized carbons (Fsp3) is 0. The third-order valence-electron chi connectivity index (χ3n) is 0.862. The van der Waals surface area contributed by atoms with Gasteiger partial charge >= 0.3 is 0 Å². The quantitative estimate of drug-likeness (QED) is 0.219. The highest BCUT2D eigenvalue weighted by Gasteiger charge is 2.00. The minimum Gasteiger partial charge on any atom is -0.364 e. The van der Waals surface area contributed by atoms with E-state index in [4.69, 9.17) is 5.73 Å². The van der Waals surface area contributed by atoms with Crippen LogP contribution in [0.25, 0.3) is 0 Å². The van der Waals surface area contributed by atoms with Gasteiger partial charge in [0.05, 0.1) is 6.20 Å². The van der Waals surface area contributed by atoms with Gasteiger partial charge in [0.25, 0.3) is 5.96 Å². The molecule has 1 heterocycles. The summed E-state index contributed by atoms with van der Waals surface area (Å²) < 4.78 is 0. The fourth-order valence-electron chi connectivity index (χ4n) is 0.507. The summed E-state index contributed by atoms with van der Waals surface area (Å²) in [5.74, 6) is -0.0907. The Bertz CT molecular complexity index is 290. The van der Waals surface area contributed by atoms with Gasteiger partial charge in [-0.05, 0) is 0 Å². The number of nitrogens with one attached hydrogen (secondary N) is 2. The lowest BCUT2D eigenvalue weighted by molar-refractivity contribution is -0.485. The molecule has 1 aromatic rings. The maximum absolute atomic E-state index is 9.79. The summed E-state index contributed by atoms with van der Waals surface area (Å²) in [6.07, 6.45) is 1.38. The first kappa shape index (κ1) is 7.91. The first-order valence-corrected chi connectivity index (χ1v) is 2.80. The average molecular weight is 171 g/mol. The Morgan fingerprint density at radius 2 is 2.67 bits per heavy atom. The first-order chi connectivity index (χ1) is 5.68. The van der Waals surface area contributed by atoms with Crippen molar-refractivity contribution in [3.05, 3.63) is 16.3 Å². The summed E-state index contributed by atoms with van der Waals surface area (Å²) in [5, 5.41) is 23.2. The molecule has 0 aliphatic carbocycles. The van der Waals surface area contributed by atoms with Crippen LogP contribution in [0.2, 0.25) is 0 Å². The molecule has 64 valence electrons. The summed E-state index contributed by atoms with van der Waals surface area (Å²) >= 11 is 0. The highest BCUT2D eigenvalue weighted by Crippen LogP contribution is 1.93. The number of hydrogen-bond donors (Lipinski definition) is 3. The molecule has 0 aliphatic heterocycles. The molecule has 0 radical (unpaired) electrons. The molecule has 0 amide bonds. The summed E-state index contributed by atoms with van der Waals surface area (Å²) in [5.41, 5.74) is 5.08. The van der Waals surface area contributed by atoms with Crippen molar-refractivity contribution in [1.29, 1.82) is 0 Å². The number of nitro groups is 1. The number of rotatable bonds is 2. The van der Waals surface area contributed by atoms with Gasteiger partial charge < -0.3 is 11.1 Å². The van der Waals surface area contributed by atoms with E-state index >= 15 is 0 Å². The van der Waals surface area contributed by atoms with Crippen LogP contribution >= 0.6 is 0 Å². The van der Waals surface area contributed by atoms with E-state index in [0.717, 1.165) is 0 Å². The van der Waals surface area contributed by atoms with E-state index in [1.807, 2.05) is 0 Å². The zero-order valence-corrected chi connectivity index (χ0v) is 5.76. The summed E-state index contributed by atoms with van der Waals surface area (Å²) in [6.45, 7) is 0. The molecule has 1 aromatic heterocycles. The van der Waals surface area contributed by atoms with Gasteiger partial charge in [-0.2, -0.15) is 0 Å². The van der Waals surface area contributed by atoms with Gasteiger partial charge in [-0.25, -0.2) is 10.1 Å². The van der Waals surface area contributed by atoms with Gasteiger partial charge in [0, 0.05) is 0 Å². The van der Waals surface area contributed by atoms with Crippen LogP contribution in [0.4, 0.5) is 5.82 Å². The third kappa shape index (κ3) is 2.21. The molecule has 0 saturated heterocycles. The molecule has 0 aliphatic rings. The van der Waals surface area contributed by atoms with E-state index in [-0.39, 0.29) is 11.8 Å². The monoisotopic (exact) mass is 171 g/mol. The second-order valence-corrected chi connectivity index (χ2v) is 1.71. The van der Waals surface area contributed by atoms with Crippen LogP contribution in [0.5, 0.6) is 0 Å². The van der Waals surface area contributed by atoms with Gasteiger partial charge in [0.1, 0.15) is 5.10 Å². The van der Waals surface area contributed by atoms with E-state index in [9.17, 15) is 10.1 Å². The predicted octanol–water partition coefficient (Wildman–Crippen LogP) is -1.28. The van der Waals surface area contributed by atoms with Crippen LogP contribution < -0.4 is 11.1 Å². The summed E-state index contributed by atoms with van der Waals surface area (Å²) in [6, 6.07) is 0. The Morgan fingerprint density at radius 3 is 3.17 bits per heavy atom. The van der Waals surface area contributed by atoms with Gasteiger partial charge in [0.2, 0.25) is 0 Å². The first-order valence-electron chi connectivity index (χ1n) is 2.80. The van der Waals surface area contributed by atoms with Crippen molar-refractivity contribution in [1.82, 2.24) is 15.4 Å². The normalized spacial score (nSPS) is 11.2. The molecule has 0 atom stereocenters. The minimum absolute atomic E-state index is 0.262. The highest BCUT2D eigenvalue weighted by molar-refractivity contribution is 5.90. The van der Waals surface area contributed by atoms with Gasteiger partial charge in [-0.1, -0.05) is 5.21 Å². The lowest BCUT2D eigenvalue weighted by atomic mass is 10.7. The van der Waals surface area contributed by atoms with Gasteiger partial charge in [-0.15, -0.1) is 5.10 Å². The number of nitrogens with two attached hydrogens (primary N) is 1. The fourth-order valence-corrected chi connectivity index (χ4v) is 0.507. The number of anilines is 1. The Hall–Kier alpha value is -2.19. The molecule has 4 N–H and O–H groups in total. The maximum atomic E-state index is 9.79. The molecular formula is C3H5N7O2. The molecular weight excluding hydrogens is 166 g/mol. The van der Waals surface area contributed by atoms with Crippen LogP contribution in [-0.2, 0) is 0 Å². The predicted molar refractivity (Wildman–Crippen MR) is 38.6 cm³/mol. The second-order valence-electron chi connectivity index (χ2n) is 1.71. The Balaban J connectivity index is 2.58. The molecule has 0 aromatic carbocycles. The Morgan fingerprint density at radius 1 is 1.92 bits per heavy atom. The largest absolute Gasteiger partial charge is 0.364 e. The van der Waals surface area contributed by atoms with Crippen molar-refractivity contribution in [2.24, 2.45) is 10.8 Å². The van der Waals surface area contributed by atoms with Crippen LogP contribution in [0.1, 0.15) is 0 Å². The zero-order chi connectivity index (χ0) is 8.97. The Labute approximate surface area is 65.8 Å². The van der Waals surface area contributed by atoms with Crippen LogP contribution in [-0.4, -0.2) is 26.4 Å². The van der Waals surface area contributed by atoms with Crippen molar-refractivity contribution < 1.29 is 5.03 Å².